The predicted molar refractivity (Wildman–Crippen MR) is 122 cm³/mol. The highest BCUT2D eigenvalue weighted by Gasteiger charge is 2.62. The van der Waals surface area contributed by atoms with Crippen LogP contribution in [0.5, 0.6) is 0 Å². The molecule has 156 valence electrons. The maximum absolute atomic E-state index is 11.9. The first-order valence-corrected chi connectivity index (χ1v) is 10.4. The van der Waals surface area contributed by atoms with Crippen LogP contribution < -0.4 is 5.32 Å². The molecular weight excluding hydrogens is 394 g/mol. The van der Waals surface area contributed by atoms with Crippen molar-refractivity contribution in [1.82, 2.24) is 5.32 Å². The van der Waals surface area contributed by atoms with Crippen LogP contribution in [0.2, 0.25) is 0 Å². The van der Waals surface area contributed by atoms with E-state index in [1.165, 1.54) is 11.1 Å². The maximum atomic E-state index is 11.9. The van der Waals surface area contributed by atoms with Crippen LogP contribution in [0.4, 0.5) is 0 Å². The van der Waals surface area contributed by atoms with E-state index in [4.69, 9.17) is 0 Å². The summed E-state index contributed by atoms with van der Waals surface area (Å²) in [5.41, 5.74) is 1.61. The number of nitrogens with one attached hydrogen (secondary N) is 1. The van der Waals surface area contributed by atoms with Crippen LogP contribution in [-0.4, -0.2) is 29.4 Å². The summed E-state index contributed by atoms with van der Waals surface area (Å²) in [6, 6.07) is 30.7. The molecule has 2 fully saturated rings. The van der Waals surface area contributed by atoms with Crippen LogP contribution in [-0.2, 0) is 11.0 Å². The lowest BCUT2D eigenvalue weighted by Gasteiger charge is -2.55. The normalized spacial score (nSPS) is 29.6. The van der Waals surface area contributed by atoms with E-state index in [-0.39, 0.29) is 29.7 Å². The highest BCUT2D eigenvalue weighted by Crippen LogP contribution is 2.57. The van der Waals surface area contributed by atoms with Gasteiger partial charge in [-0.15, -0.1) is 12.4 Å². The molecule has 4 heteroatoms. The fourth-order valence-corrected chi connectivity index (χ4v) is 5.93. The van der Waals surface area contributed by atoms with Crippen molar-refractivity contribution in [2.45, 2.75) is 23.5 Å². The minimum Gasteiger partial charge on any atom is -0.390 e. The highest BCUT2D eigenvalue weighted by atomic mass is 35.5. The van der Waals surface area contributed by atoms with Crippen LogP contribution in [0.1, 0.15) is 23.1 Å². The molecule has 1 aliphatic carbocycles. The summed E-state index contributed by atoms with van der Waals surface area (Å²) in [5.74, 6) is 0.0787. The van der Waals surface area contributed by atoms with E-state index in [0.29, 0.717) is 13.0 Å². The van der Waals surface area contributed by atoms with Gasteiger partial charge in [0.05, 0.1) is 6.10 Å². The Bertz CT molecular complexity index is 927. The Morgan fingerprint density at radius 3 is 1.60 bits per heavy atom. The summed E-state index contributed by atoms with van der Waals surface area (Å²) in [5, 5.41) is 27.0. The van der Waals surface area contributed by atoms with Crippen molar-refractivity contribution in [2.75, 3.05) is 13.1 Å². The van der Waals surface area contributed by atoms with Gasteiger partial charge < -0.3 is 15.5 Å². The van der Waals surface area contributed by atoms with Gasteiger partial charge in [0.25, 0.3) is 0 Å². The lowest BCUT2D eigenvalue weighted by Crippen LogP contribution is -2.60. The molecule has 1 heterocycles. The van der Waals surface area contributed by atoms with E-state index < -0.39 is 11.7 Å². The summed E-state index contributed by atoms with van der Waals surface area (Å²) >= 11 is 0. The molecule has 0 unspecified atom stereocenters. The Morgan fingerprint density at radius 1 is 0.667 bits per heavy atom. The largest absolute Gasteiger partial charge is 0.390 e. The average molecular weight is 422 g/mol. The van der Waals surface area contributed by atoms with E-state index >= 15 is 0 Å². The number of rotatable bonds is 3. The minimum atomic E-state index is -1.26. The molecule has 3 aromatic rings. The van der Waals surface area contributed by atoms with Gasteiger partial charge in [0, 0.05) is 17.9 Å². The molecule has 0 bridgehead atoms. The second-order valence-corrected chi connectivity index (χ2v) is 8.49. The molecule has 1 aliphatic heterocycles. The third kappa shape index (κ3) is 3.00. The lowest BCUT2D eigenvalue weighted by atomic mass is 9.51. The van der Waals surface area contributed by atoms with E-state index in [1.807, 2.05) is 42.5 Å². The summed E-state index contributed by atoms with van der Waals surface area (Å²) in [4.78, 5) is 0. The average Bonchev–Trinajstić information content (AvgIpc) is 3.29. The van der Waals surface area contributed by atoms with Gasteiger partial charge in [-0.05, 0) is 35.6 Å². The van der Waals surface area contributed by atoms with Gasteiger partial charge in [-0.2, -0.15) is 0 Å². The molecule has 3 aromatic carbocycles. The van der Waals surface area contributed by atoms with Gasteiger partial charge in [0.1, 0.15) is 5.60 Å². The third-order valence-electron chi connectivity index (χ3n) is 7.25. The first-order valence-electron chi connectivity index (χ1n) is 10.4. The lowest BCUT2D eigenvalue weighted by molar-refractivity contribution is -0.166. The molecule has 1 saturated carbocycles. The first-order chi connectivity index (χ1) is 14.2. The molecule has 2 aliphatic rings. The Balaban J connectivity index is 0.00000218. The minimum absolute atomic E-state index is 0. The molecule has 4 atom stereocenters. The fraction of sp³-hybridized carbons (Fsp3) is 0.308. The molecular formula is C26H28ClNO2. The number of hydrogen-bond acceptors (Lipinski definition) is 3. The van der Waals surface area contributed by atoms with E-state index in [9.17, 15) is 10.2 Å². The Labute approximate surface area is 184 Å². The predicted octanol–water partition coefficient (Wildman–Crippen LogP) is 3.88. The van der Waals surface area contributed by atoms with Gasteiger partial charge >= 0.3 is 0 Å². The van der Waals surface area contributed by atoms with Gasteiger partial charge in [0.15, 0.2) is 0 Å². The Morgan fingerprint density at radius 2 is 1.10 bits per heavy atom. The number of fused-ring (bicyclic) bond motifs is 1. The van der Waals surface area contributed by atoms with Crippen molar-refractivity contribution >= 4 is 12.4 Å². The van der Waals surface area contributed by atoms with Crippen LogP contribution in [0.25, 0.3) is 0 Å². The number of benzene rings is 3. The molecule has 1 saturated heterocycles. The van der Waals surface area contributed by atoms with Gasteiger partial charge in [-0.3, -0.25) is 0 Å². The van der Waals surface area contributed by atoms with Crippen LogP contribution in [0.15, 0.2) is 91.0 Å². The van der Waals surface area contributed by atoms with Gasteiger partial charge in [-0.25, -0.2) is 0 Å². The molecule has 0 spiro atoms. The van der Waals surface area contributed by atoms with Crippen molar-refractivity contribution in [3.8, 4) is 0 Å². The van der Waals surface area contributed by atoms with Crippen molar-refractivity contribution in [3.05, 3.63) is 108 Å². The zero-order chi connectivity index (χ0) is 19.9. The molecule has 3 nitrogen and oxygen atoms in total. The van der Waals surface area contributed by atoms with Crippen LogP contribution in [0, 0.1) is 11.8 Å². The van der Waals surface area contributed by atoms with E-state index in [1.54, 1.807) is 0 Å². The zero-order valence-corrected chi connectivity index (χ0v) is 17.6. The van der Waals surface area contributed by atoms with Crippen molar-refractivity contribution in [1.29, 1.82) is 0 Å². The van der Waals surface area contributed by atoms with Gasteiger partial charge in [0.2, 0.25) is 0 Å². The van der Waals surface area contributed by atoms with Crippen molar-refractivity contribution < 1.29 is 10.2 Å². The standard InChI is InChI=1S/C26H27NO2.ClH/c28-24-16-25(19-10-4-1-5-11-19,20-12-6-2-7-13-20)22-17-27-18-23(22)26(24,29)21-14-8-3-9-15-21;/h1-15,22-24,27-29H,16-18H2;1H/t22-,23+,24-,26+;/m0./s1. The third-order valence-corrected chi connectivity index (χ3v) is 7.25. The molecule has 0 radical (unpaired) electrons. The first kappa shape index (κ1) is 21.1. The van der Waals surface area contributed by atoms with Crippen molar-refractivity contribution in [3.63, 3.8) is 0 Å². The number of aliphatic hydroxyl groups is 2. The maximum Gasteiger partial charge on any atom is 0.120 e. The highest BCUT2D eigenvalue weighted by molar-refractivity contribution is 5.85. The quantitative estimate of drug-likeness (QED) is 0.601. The van der Waals surface area contributed by atoms with Crippen molar-refractivity contribution in [2.24, 2.45) is 11.8 Å². The fourth-order valence-electron chi connectivity index (χ4n) is 5.93. The smallest absolute Gasteiger partial charge is 0.120 e. The van der Waals surface area contributed by atoms with E-state index in [2.05, 4.69) is 53.8 Å². The summed E-state index contributed by atoms with van der Waals surface area (Å²) < 4.78 is 0. The van der Waals surface area contributed by atoms with Crippen LogP contribution >= 0.6 is 12.4 Å². The number of hydrogen-bond donors (Lipinski definition) is 3. The monoisotopic (exact) mass is 421 g/mol. The molecule has 3 N–H and O–H groups in total. The van der Waals surface area contributed by atoms with Crippen LogP contribution in [0.3, 0.4) is 0 Å². The summed E-state index contributed by atoms with van der Waals surface area (Å²) in [7, 11) is 0. The topological polar surface area (TPSA) is 52.5 Å². The Kier molecular flexibility index (Phi) is 5.73. The molecule has 30 heavy (non-hydrogen) atoms. The molecule has 0 aromatic heterocycles. The molecule has 5 rings (SSSR count). The molecule has 0 amide bonds. The van der Waals surface area contributed by atoms with Gasteiger partial charge in [-0.1, -0.05) is 91.0 Å². The number of halogens is 1. The summed E-state index contributed by atoms with van der Waals surface area (Å²) in [6.07, 6.45) is -0.388. The number of aliphatic hydroxyl groups excluding tert-OH is 1. The Hall–Kier alpha value is -2.17. The zero-order valence-electron chi connectivity index (χ0n) is 16.8. The summed E-state index contributed by atoms with van der Waals surface area (Å²) in [6.45, 7) is 1.50. The van der Waals surface area contributed by atoms with E-state index in [0.717, 1.165) is 12.1 Å². The second-order valence-electron chi connectivity index (χ2n) is 8.49. The second kappa shape index (κ2) is 8.16. The SMILES string of the molecule is Cl.O[C@H]1CC(c2ccccc2)(c2ccccc2)[C@H]2CNC[C@H]2[C@]1(O)c1ccccc1.